The van der Waals surface area contributed by atoms with E-state index in [1.165, 1.54) is 0 Å². The topological polar surface area (TPSA) is 81.8 Å². The van der Waals surface area contributed by atoms with Crippen molar-refractivity contribution in [2.24, 2.45) is 32.4 Å². The minimum Gasteiger partial charge on any atom is -0.396 e. The van der Waals surface area contributed by atoms with E-state index in [0.29, 0.717) is 12.5 Å². The highest BCUT2D eigenvalue weighted by Gasteiger charge is 2.51. The number of halogens is 1. The fourth-order valence-electron chi connectivity index (χ4n) is 6.12. The number of rotatable bonds is 6. The Kier molecular flexibility index (Phi) is 6.93. The van der Waals surface area contributed by atoms with Gasteiger partial charge in [0.05, 0.1) is 42.6 Å². The summed E-state index contributed by atoms with van der Waals surface area (Å²) in [6.45, 7) is 2.97. The van der Waals surface area contributed by atoms with Gasteiger partial charge in [0.15, 0.2) is 0 Å². The summed E-state index contributed by atoms with van der Waals surface area (Å²) in [6.07, 6.45) is 7.86. The number of methoxy groups -OCH3 is 1. The average Bonchev–Trinajstić information content (AvgIpc) is 3.44. The summed E-state index contributed by atoms with van der Waals surface area (Å²) >= 11 is 3.89. The van der Waals surface area contributed by atoms with Crippen LogP contribution in [-0.4, -0.2) is 68.4 Å². The molecule has 3 atom stereocenters. The van der Waals surface area contributed by atoms with Crippen LogP contribution in [0.3, 0.4) is 0 Å². The first-order valence-corrected chi connectivity index (χ1v) is 13.5. The zero-order valence-electron chi connectivity index (χ0n) is 21.5. The summed E-state index contributed by atoms with van der Waals surface area (Å²) in [7, 11) is 5.63. The molecule has 1 aromatic carbocycles. The number of benzene rings is 1. The largest absolute Gasteiger partial charge is 0.396 e. The number of nitrogens with one attached hydrogen (secondary N) is 1. The van der Waals surface area contributed by atoms with Crippen molar-refractivity contribution >= 4 is 39.9 Å². The third kappa shape index (κ3) is 4.06. The summed E-state index contributed by atoms with van der Waals surface area (Å²) < 4.78 is 6.69. The molecule has 0 aromatic heterocycles. The quantitative estimate of drug-likeness (QED) is 0.515. The molecule has 1 aromatic rings. The van der Waals surface area contributed by atoms with Crippen LogP contribution in [0.25, 0.3) is 0 Å². The maximum atomic E-state index is 10.1. The van der Waals surface area contributed by atoms with Crippen molar-refractivity contribution in [1.29, 1.82) is 0 Å². The molecular formula is C27H36BrN6O2+. The third-order valence-corrected chi connectivity index (χ3v) is 9.11. The summed E-state index contributed by atoms with van der Waals surface area (Å²) in [5, 5.41) is 25.7. The Labute approximate surface area is 221 Å². The number of aliphatic hydroxyl groups is 1. The number of para-hydroxylation sites is 1. The average molecular weight is 557 g/mol. The molecule has 1 saturated carbocycles. The van der Waals surface area contributed by atoms with Gasteiger partial charge >= 0.3 is 0 Å². The van der Waals surface area contributed by atoms with Crippen LogP contribution >= 0.6 is 15.9 Å². The zero-order chi connectivity index (χ0) is 25.5. The SMILES string of the molecule is CN=C1C(Br)=C(C2CCC(CO)(COC)CC2)NC2=C(C3C=NN(c4ccccc4)C3C)C=N[N+]12C. The van der Waals surface area contributed by atoms with Crippen molar-refractivity contribution in [3.63, 3.8) is 0 Å². The van der Waals surface area contributed by atoms with E-state index in [9.17, 15) is 5.11 Å². The number of likely N-dealkylation sites (N-methyl/N-ethyl adjacent to an activating group) is 1. The molecule has 3 aliphatic heterocycles. The molecule has 0 amide bonds. The maximum Gasteiger partial charge on any atom is 0.272 e. The van der Waals surface area contributed by atoms with Crippen LogP contribution in [-0.2, 0) is 4.74 Å². The van der Waals surface area contributed by atoms with Crippen molar-refractivity contribution in [1.82, 2.24) is 5.32 Å². The van der Waals surface area contributed by atoms with Crippen LogP contribution in [0.2, 0.25) is 0 Å². The van der Waals surface area contributed by atoms with Crippen LogP contribution in [0.4, 0.5) is 5.69 Å². The van der Waals surface area contributed by atoms with E-state index in [1.807, 2.05) is 37.7 Å². The van der Waals surface area contributed by atoms with Crippen molar-refractivity contribution in [3.05, 3.63) is 51.9 Å². The molecule has 9 heteroatoms. The lowest BCUT2D eigenvalue weighted by Gasteiger charge is -2.41. The minimum atomic E-state index is -0.142. The highest BCUT2D eigenvalue weighted by atomic mass is 79.9. The molecule has 0 radical (unpaired) electrons. The van der Waals surface area contributed by atoms with E-state index in [0.717, 1.165) is 58.8 Å². The Hall–Kier alpha value is -2.33. The molecule has 192 valence electrons. The predicted octanol–water partition coefficient (Wildman–Crippen LogP) is 4.21. The van der Waals surface area contributed by atoms with E-state index >= 15 is 0 Å². The number of anilines is 1. The van der Waals surface area contributed by atoms with Gasteiger partial charge in [-0.3, -0.25) is 5.01 Å². The van der Waals surface area contributed by atoms with Gasteiger partial charge < -0.3 is 15.2 Å². The Morgan fingerprint density at radius 2 is 2.00 bits per heavy atom. The Morgan fingerprint density at radius 3 is 2.64 bits per heavy atom. The van der Waals surface area contributed by atoms with Crippen molar-refractivity contribution < 1.29 is 14.4 Å². The Morgan fingerprint density at radius 1 is 1.28 bits per heavy atom. The van der Waals surface area contributed by atoms with Gasteiger partial charge in [0.25, 0.3) is 5.84 Å². The zero-order valence-corrected chi connectivity index (χ0v) is 23.1. The van der Waals surface area contributed by atoms with Gasteiger partial charge in [-0.2, -0.15) is 5.10 Å². The fraction of sp³-hybridized carbons (Fsp3) is 0.519. The lowest BCUT2D eigenvalue weighted by Crippen LogP contribution is -2.52. The molecule has 2 N–H and O–H groups in total. The monoisotopic (exact) mass is 555 g/mol. The van der Waals surface area contributed by atoms with Crippen LogP contribution < -0.4 is 10.3 Å². The number of fused-ring (bicyclic) bond motifs is 1. The van der Waals surface area contributed by atoms with E-state index in [-0.39, 0.29) is 28.6 Å². The predicted molar refractivity (Wildman–Crippen MR) is 148 cm³/mol. The highest BCUT2D eigenvalue weighted by Crippen LogP contribution is 2.46. The molecule has 1 fully saturated rings. The molecule has 8 nitrogen and oxygen atoms in total. The van der Waals surface area contributed by atoms with Crippen LogP contribution in [0.1, 0.15) is 32.6 Å². The molecule has 0 spiro atoms. The van der Waals surface area contributed by atoms with Gasteiger partial charge in [-0.05, 0) is 60.7 Å². The van der Waals surface area contributed by atoms with Crippen LogP contribution in [0.15, 0.2) is 67.1 Å². The second-order valence-electron chi connectivity index (χ2n) is 10.5. The standard InChI is InChI=1S/C27H36BrN6O2/c1-18-21(14-30-33(18)20-8-6-5-7-9-20)22-15-31-34(3)25(22)32-24(23(28)26(34)29-2)19-10-12-27(16-35,13-11-19)17-36-4/h5-9,14-15,18-19,21,32,35H,10-13,16-17H2,1-4H3/q+1. The van der Waals surface area contributed by atoms with E-state index in [1.54, 1.807) is 7.11 Å². The number of hydrazone groups is 1. The Bertz CT molecular complexity index is 1150. The van der Waals surface area contributed by atoms with Gasteiger partial charge in [-0.15, -0.1) is 4.59 Å². The van der Waals surface area contributed by atoms with Gasteiger partial charge in [-0.1, -0.05) is 23.3 Å². The second-order valence-corrected chi connectivity index (χ2v) is 11.3. The van der Waals surface area contributed by atoms with Gasteiger partial charge in [-0.25, -0.2) is 4.99 Å². The molecule has 36 heavy (non-hydrogen) atoms. The molecule has 3 unspecified atom stereocenters. The van der Waals surface area contributed by atoms with Crippen molar-refractivity contribution in [2.75, 3.05) is 39.4 Å². The molecule has 3 heterocycles. The normalized spacial score (nSPS) is 35.1. The van der Waals surface area contributed by atoms with E-state index in [2.05, 4.69) is 52.4 Å². The smallest absolute Gasteiger partial charge is 0.272 e. The fourth-order valence-corrected chi connectivity index (χ4v) is 7.07. The van der Waals surface area contributed by atoms with E-state index < -0.39 is 0 Å². The van der Waals surface area contributed by atoms with Gasteiger partial charge in [0.1, 0.15) is 11.5 Å². The summed E-state index contributed by atoms with van der Waals surface area (Å²) in [4.78, 5) is 4.70. The summed E-state index contributed by atoms with van der Waals surface area (Å²) in [5.74, 6) is 2.38. The molecule has 5 rings (SSSR count). The number of hydrogen-bond donors (Lipinski definition) is 2. The number of aliphatic imine (C=N–C) groups is 1. The van der Waals surface area contributed by atoms with Gasteiger partial charge in [0.2, 0.25) is 5.82 Å². The lowest BCUT2D eigenvalue weighted by molar-refractivity contribution is -0.788. The number of hydrogen-bond acceptors (Lipinski definition) is 7. The highest BCUT2D eigenvalue weighted by molar-refractivity contribution is 9.12. The Balaban J connectivity index is 1.45. The number of ether oxygens (including phenoxy) is 1. The van der Waals surface area contributed by atoms with Crippen molar-refractivity contribution in [2.45, 2.75) is 38.6 Å². The molecule has 0 bridgehead atoms. The molecule has 1 aliphatic carbocycles. The first kappa shape index (κ1) is 25.3. The van der Waals surface area contributed by atoms with Crippen LogP contribution in [0.5, 0.6) is 0 Å². The molecular weight excluding hydrogens is 520 g/mol. The van der Waals surface area contributed by atoms with E-state index in [4.69, 9.17) is 19.9 Å². The summed E-state index contributed by atoms with van der Waals surface area (Å²) in [6, 6.07) is 10.5. The van der Waals surface area contributed by atoms with Gasteiger partial charge in [0, 0.05) is 37.4 Å². The minimum absolute atomic E-state index is 0.0998. The number of quaternary nitrogens is 1. The molecule has 0 saturated heterocycles. The third-order valence-electron chi connectivity index (χ3n) is 8.32. The first-order valence-electron chi connectivity index (χ1n) is 12.7. The lowest BCUT2D eigenvalue weighted by atomic mass is 9.70. The summed E-state index contributed by atoms with van der Waals surface area (Å²) in [5.41, 5.74) is 3.25. The number of amidine groups is 1. The number of nitrogens with zero attached hydrogens (tertiary/aromatic N) is 5. The van der Waals surface area contributed by atoms with Crippen molar-refractivity contribution in [3.8, 4) is 0 Å². The molecule has 4 aliphatic rings. The second kappa shape index (κ2) is 9.85. The number of aliphatic hydroxyl groups excluding tert-OH is 1. The van der Waals surface area contributed by atoms with Crippen LogP contribution in [0, 0.1) is 17.3 Å². The first-order chi connectivity index (χ1) is 17.4. The maximum absolute atomic E-state index is 10.1. The number of allylic oxidation sites excluding steroid dienone is 1.